The van der Waals surface area contributed by atoms with Crippen LogP contribution in [0.4, 0.5) is 5.95 Å². The monoisotopic (exact) mass is 464 g/mol. The molecule has 10 heteroatoms. The second kappa shape index (κ2) is 9.50. The van der Waals surface area contributed by atoms with E-state index in [0.29, 0.717) is 23.3 Å². The highest BCUT2D eigenvalue weighted by Crippen LogP contribution is 2.25. The summed E-state index contributed by atoms with van der Waals surface area (Å²) in [6, 6.07) is 9.97. The molecular formula is C23H28N8OS. The molecule has 1 aliphatic rings. The molecule has 0 aliphatic carbocycles. The first-order valence-electron chi connectivity index (χ1n) is 11.3. The molecule has 1 aliphatic heterocycles. The topological polar surface area (TPSA) is 108 Å². The molecule has 1 unspecified atom stereocenters. The Morgan fingerprint density at radius 2 is 2.09 bits per heavy atom. The number of aromatic nitrogens is 6. The van der Waals surface area contributed by atoms with E-state index < -0.39 is 11.2 Å². The van der Waals surface area contributed by atoms with Gasteiger partial charge in [-0.2, -0.15) is 19.7 Å². The summed E-state index contributed by atoms with van der Waals surface area (Å²) in [5.74, 6) is 0.776. The molecular weight excluding hydrogens is 436 g/mol. The van der Waals surface area contributed by atoms with Gasteiger partial charge in [0.25, 0.3) is 0 Å². The molecule has 0 bridgehead atoms. The Morgan fingerprint density at radius 3 is 2.85 bits per heavy atom. The van der Waals surface area contributed by atoms with E-state index in [0.717, 1.165) is 42.7 Å². The zero-order chi connectivity index (χ0) is 22.8. The van der Waals surface area contributed by atoms with E-state index in [1.54, 1.807) is 10.7 Å². The molecule has 4 aromatic rings. The van der Waals surface area contributed by atoms with Crippen molar-refractivity contribution in [2.24, 2.45) is 0 Å². The molecule has 1 aromatic carbocycles. The lowest BCUT2D eigenvalue weighted by molar-refractivity contribution is 0.492. The van der Waals surface area contributed by atoms with Gasteiger partial charge in [-0.3, -0.25) is 0 Å². The molecule has 172 valence electrons. The van der Waals surface area contributed by atoms with Crippen LogP contribution in [0.5, 0.6) is 0 Å². The van der Waals surface area contributed by atoms with Crippen LogP contribution in [0.3, 0.4) is 0 Å². The van der Waals surface area contributed by atoms with Crippen molar-refractivity contribution in [3.05, 3.63) is 60.0 Å². The van der Waals surface area contributed by atoms with Crippen molar-refractivity contribution in [3.63, 3.8) is 0 Å². The van der Waals surface area contributed by atoms with Gasteiger partial charge in [-0.15, -0.1) is 4.98 Å². The largest absolute Gasteiger partial charge is 0.609 e. The van der Waals surface area contributed by atoms with Crippen LogP contribution in [0.15, 0.2) is 54.1 Å². The lowest BCUT2D eigenvalue weighted by Gasteiger charge is -2.24. The quantitative estimate of drug-likeness (QED) is 0.405. The molecule has 2 N–H and O–H groups in total. The number of para-hydroxylation sites is 1. The molecule has 0 saturated carbocycles. The maximum absolute atomic E-state index is 13.4. The van der Waals surface area contributed by atoms with Gasteiger partial charge < -0.3 is 15.2 Å². The normalized spacial score (nSPS) is 17.5. The summed E-state index contributed by atoms with van der Waals surface area (Å²) in [6.45, 7) is 6.41. The van der Waals surface area contributed by atoms with Crippen LogP contribution < -0.4 is 10.6 Å². The van der Waals surface area contributed by atoms with Crippen LogP contribution >= 0.6 is 0 Å². The molecule has 1 saturated heterocycles. The zero-order valence-corrected chi connectivity index (χ0v) is 19.6. The van der Waals surface area contributed by atoms with Crippen LogP contribution in [-0.4, -0.2) is 52.3 Å². The minimum Gasteiger partial charge on any atom is -0.609 e. The predicted molar refractivity (Wildman–Crippen MR) is 128 cm³/mol. The molecule has 9 nitrogen and oxygen atoms in total. The van der Waals surface area contributed by atoms with E-state index in [-0.39, 0.29) is 11.2 Å². The number of hydrogen-bond donors (Lipinski definition) is 2. The van der Waals surface area contributed by atoms with Crippen molar-refractivity contribution < 1.29 is 4.55 Å². The van der Waals surface area contributed by atoms with Crippen LogP contribution in [0, 0.1) is 0 Å². The molecule has 0 amide bonds. The maximum atomic E-state index is 13.4. The number of rotatable bonds is 7. The predicted octanol–water partition coefficient (Wildman–Crippen LogP) is 2.91. The summed E-state index contributed by atoms with van der Waals surface area (Å²) in [6.07, 6.45) is 7.43. The molecule has 0 spiro atoms. The van der Waals surface area contributed by atoms with Crippen molar-refractivity contribution in [2.45, 2.75) is 49.6 Å². The molecule has 2 atom stereocenters. The molecule has 4 heterocycles. The van der Waals surface area contributed by atoms with E-state index in [2.05, 4.69) is 45.7 Å². The zero-order valence-electron chi connectivity index (χ0n) is 18.8. The molecule has 5 rings (SSSR count). The van der Waals surface area contributed by atoms with E-state index in [1.807, 2.05) is 41.3 Å². The average molecular weight is 465 g/mol. The Labute approximate surface area is 195 Å². The Morgan fingerprint density at radius 1 is 1.21 bits per heavy atom. The Kier molecular flexibility index (Phi) is 6.30. The van der Waals surface area contributed by atoms with Gasteiger partial charge in [0.15, 0.2) is 5.65 Å². The van der Waals surface area contributed by atoms with Gasteiger partial charge in [0.1, 0.15) is 5.25 Å². The maximum Gasteiger partial charge on any atom is 0.348 e. The number of nitrogens with one attached hydrogen (secondary N) is 2. The van der Waals surface area contributed by atoms with E-state index in [4.69, 9.17) is 4.98 Å². The first-order valence-corrected chi connectivity index (χ1v) is 12.5. The Balaban J connectivity index is 1.50. The van der Waals surface area contributed by atoms with Gasteiger partial charge in [0, 0.05) is 42.2 Å². The van der Waals surface area contributed by atoms with Gasteiger partial charge in [-0.05, 0) is 43.0 Å². The number of hydrogen-bond acceptors (Lipinski definition) is 7. The summed E-state index contributed by atoms with van der Waals surface area (Å²) in [4.78, 5) is 9.40. The van der Waals surface area contributed by atoms with E-state index in [9.17, 15) is 4.55 Å². The molecule has 33 heavy (non-hydrogen) atoms. The number of anilines is 1. The first kappa shape index (κ1) is 21.9. The summed E-state index contributed by atoms with van der Waals surface area (Å²) in [7, 11) is 0. The first-order chi connectivity index (χ1) is 16.1. The highest BCUT2D eigenvalue weighted by Gasteiger charge is 2.31. The second-order valence-corrected chi connectivity index (χ2v) is 10.1. The number of nitrogens with zero attached hydrogens (tertiary/aromatic N) is 6. The summed E-state index contributed by atoms with van der Waals surface area (Å²) in [5, 5.41) is 16.0. The second-order valence-electron chi connectivity index (χ2n) is 8.52. The van der Waals surface area contributed by atoms with Crippen LogP contribution in [0.25, 0.3) is 11.3 Å². The standard InChI is InChI=1S/C23H28N8OS/c1-16(2)19-15-27-31-21(19)28-23(33(32)18-8-5-10-24-14-18)29-22(31)25-13-17-7-3-4-9-20(17)30-12-6-11-26-30/h3-4,6-7,9,11-12,15-16,18,24H,5,8,10,13-14H2,1-2H3,(H,25,28,29)/t18-,33?/m1/s1. The third-order valence-corrected chi connectivity index (χ3v) is 7.46. The average Bonchev–Trinajstić information content (AvgIpc) is 3.53. The summed E-state index contributed by atoms with van der Waals surface area (Å²) >= 11 is -1.30. The van der Waals surface area contributed by atoms with Gasteiger partial charge in [-0.25, -0.2) is 4.68 Å². The highest BCUT2D eigenvalue weighted by atomic mass is 32.2. The lowest BCUT2D eigenvalue weighted by Crippen LogP contribution is -2.39. The van der Waals surface area contributed by atoms with E-state index in [1.165, 1.54) is 0 Å². The smallest absolute Gasteiger partial charge is 0.348 e. The van der Waals surface area contributed by atoms with Gasteiger partial charge in [0.2, 0.25) is 5.95 Å². The van der Waals surface area contributed by atoms with Crippen molar-refractivity contribution >= 4 is 22.8 Å². The van der Waals surface area contributed by atoms with Crippen molar-refractivity contribution in [3.8, 4) is 5.69 Å². The fourth-order valence-electron chi connectivity index (χ4n) is 4.11. The minimum absolute atomic E-state index is 0.0139. The molecule has 1 fully saturated rings. The van der Waals surface area contributed by atoms with Crippen molar-refractivity contribution in [1.29, 1.82) is 0 Å². The number of benzene rings is 1. The van der Waals surface area contributed by atoms with Crippen LogP contribution in [0.1, 0.15) is 43.7 Å². The summed E-state index contributed by atoms with van der Waals surface area (Å²) < 4.78 is 16.9. The summed E-state index contributed by atoms with van der Waals surface area (Å²) in [5.41, 5.74) is 3.76. The minimum atomic E-state index is -1.30. The van der Waals surface area contributed by atoms with Crippen LogP contribution in [0.2, 0.25) is 0 Å². The fraction of sp³-hybridized carbons (Fsp3) is 0.391. The third kappa shape index (κ3) is 4.46. The molecule has 0 radical (unpaired) electrons. The van der Waals surface area contributed by atoms with Crippen molar-refractivity contribution in [2.75, 3.05) is 18.4 Å². The number of piperidine rings is 1. The number of fused-ring (bicyclic) bond motifs is 1. The van der Waals surface area contributed by atoms with Crippen molar-refractivity contribution in [1.82, 2.24) is 34.7 Å². The van der Waals surface area contributed by atoms with Crippen LogP contribution in [-0.2, 0) is 17.7 Å². The lowest BCUT2D eigenvalue weighted by atomic mass is 10.1. The Hall–Kier alpha value is -2.95. The van der Waals surface area contributed by atoms with Gasteiger partial charge in [-0.1, -0.05) is 32.0 Å². The highest BCUT2D eigenvalue weighted by molar-refractivity contribution is 7.91. The van der Waals surface area contributed by atoms with Gasteiger partial charge >= 0.3 is 5.16 Å². The van der Waals surface area contributed by atoms with E-state index >= 15 is 0 Å². The van der Waals surface area contributed by atoms with Gasteiger partial charge in [0.05, 0.1) is 11.9 Å². The fourth-order valence-corrected chi connectivity index (χ4v) is 5.41. The Bertz CT molecular complexity index is 1220. The SMILES string of the molecule is CC(C)c1cnn2c(NCc3ccccc3-n3cccn3)nc([S+]([O-])[C@@H]3CCCNC3)nc12. The third-order valence-electron chi connectivity index (χ3n) is 5.91. The molecule has 3 aromatic heterocycles.